The summed E-state index contributed by atoms with van der Waals surface area (Å²) in [6, 6.07) is 0. The van der Waals surface area contributed by atoms with Gasteiger partial charge in [-0.25, -0.2) is 8.78 Å². The number of nitrogens with one attached hydrogen (secondary N) is 1. The molecule has 0 atom stereocenters. The molecule has 4 heteroatoms. The topological polar surface area (TPSA) is 29.1 Å². The lowest BCUT2D eigenvalue weighted by Gasteiger charge is -2.21. The number of amides is 1. The molecule has 1 amide bonds. The molecule has 1 N–H and O–H groups in total. The summed E-state index contributed by atoms with van der Waals surface area (Å²) >= 11 is 0. The lowest BCUT2D eigenvalue weighted by Crippen LogP contribution is -2.42. The molecule has 0 spiro atoms. The Labute approximate surface area is 71.3 Å². The van der Waals surface area contributed by atoms with Crippen LogP contribution in [0.15, 0.2) is 0 Å². The third-order valence-electron chi connectivity index (χ3n) is 0.985. The third-order valence-corrected chi connectivity index (χ3v) is 0.985. The van der Waals surface area contributed by atoms with Gasteiger partial charge in [-0.1, -0.05) is 0 Å². The molecule has 0 aromatic rings. The molecule has 0 aromatic carbocycles. The van der Waals surface area contributed by atoms with E-state index in [0.717, 1.165) is 6.92 Å². The molecule has 0 saturated carbocycles. The second-order valence-electron chi connectivity index (χ2n) is 4.05. The monoisotopic (exact) mass is 179 g/mol. The summed E-state index contributed by atoms with van der Waals surface area (Å²) in [5.41, 5.74) is -0.442. The summed E-state index contributed by atoms with van der Waals surface area (Å²) < 4.78 is 24.6. The van der Waals surface area contributed by atoms with E-state index in [1.54, 1.807) is 20.8 Å². The van der Waals surface area contributed by atoms with Gasteiger partial charge in [0, 0.05) is 5.54 Å². The molecule has 0 bridgehead atoms. The van der Waals surface area contributed by atoms with Crippen molar-refractivity contribution in [3.8, 4) is 0 Å². The van der Waals surface area contributed by atoms with Crippen LogP contribution in [0.1, 0.15) is 34.1 Å². The van der Waals surface area contributed by atoms with Crippen LogP contribution in [0, 0.1) is 0 Å². The number of hydrogen-bond donors (Lipinski definition) is 1. The molecule has 2 nitrogen and oxygen atoms in total. The lowest BCUT2D eigenvalue weighted by molar-refractivity contribution is -0.128. The largest absolute Gasteiger partial charge is 0.351 e. The number of rotatable bonds is 2. The van der Waals surface area contributed by atoms with Crippen LogP contribution >= 0.6 is 0 Å². The number of halogens is 2. The quantitative estimate of drug-likeness (QED) is 0.689. The minimum atomic E-state index is -2.92. The van der Waals surface area contributed by atoms with E-state index in [2.05, 4.69) is 5.32 Å². The second kappa shape index (κ2) is 3.37. The average Bonchev–Trinajstić information content (AvgIpc) is 1.49. The first kappa shape index (κ1) is 11.3. The number of carbonyl (C=O) groups excluding carboxylic acids is 1. The Morgan fingerprint density at radius 3 is 1.92 bits per heavy atom. The van der Waals surface area contributed by atoms with Crippen LogP contribution in [0.25, 0.3) is 0 Å². The minimum Gasteiger partial charge on any atom is -0.351 e. The molecule has 0 fully saturated rings. The van der Waals surface area contributed by atoms with Crippen LogP contribution in [0.2, 0.25) is 0 Å². The summed E-state index contributed by atoms with van der Waals surface area (Å²) in [7, 11) is 0. The zero-order valence-electron chi connectivity index (χ0n) is 7.87. The molecule has 72 valence electrons. The Kier molecular flexibility index (Phi) is 3.18. The van der Waals surface area contributed by atoms with Gasteiger partial charge >= 0.3 is 0 Å². The maximum absolute atomic E-state index is 12.3. The molecular formula is C8H15F2NO. The molecule has 0 aromatic heterocycles. The SMILES string of the molecule is CC(F)(F)CC(=O)NC(C)(C)C. The summed E-state index contributed by atoms with van der Waals surface area (Å²) in [5.74, 6) is -3.54. The first-order valence-electron chi connectivity index (χ1n) is 3.79. The van der Waals surface area contributed by atoms with E-state index >= 15 is 0 Å². The fraction of sp³-hybridized carbons (Fsp3) is 0.875. The molecule has 0 aliphatic heterocycles. The van der Waals surface area contributed by atoms with Crippen molar-refractivity contribution in [1.82, 2.24) is 5.32 Å². The van der Waals surface area contributed by atoms with Crippen molar-refractivity contribution >= 4 is 5.91 Å². The van der Waals surface area contributed by atoms with Crippen LogP contribution in [-0.2, 0) is 4.79 Å². The fourth-order valence-corrected chi connectivity index (χ4v) is 0.744. The molecule has 0 heterocycles. The van der Waals surface area contributed by atoms with Gasteiger partial charge in [-0.05, 0) is 27.7 Å². The first-order valence-corrected chi connectivity index (χ1v) is 3.79. The predicted molar refractivity (Wildman–Crippen MR) is 43.1 cm³/mol. The van der Waals surface area contributed by atoms with E-state index in [4.69, 9.17) is 0 Å². The highest BCUT2D eigenvalue weighted by Gasteiger charge is 2.27. The van der Waals surface area contributed by atoms with E-state index in [1.165, 1.54) is 0 Å². The molecule has 0 aliphatic rings. The highest BCUT2D eigenvalue weighted by atomic mass is 19.3. The highest BCUT2D eigenvalue weighted by molar-refractivity contribution is 5.77. The zero-order chi connectivity index (χ0) is 9.99. The van der Waals surface area contributed by atoms with Gasteiger partial charge in [0.05, 0.1) is 6.42 Å². The lowest BCUT2D eigenvalue weighted by atomic mass is 10.1. The van der Waals surface area contributed by atoms with Gasteiger partial charge in [-0.3, -0.25) is 4.79 Å². The fourth-order valence-electron chi connectivity index (χ4n) is 0.744. The molecule has 0 aliphatic carbocycles. The van der Waals surface area contributed by atoms with Crippen molar-refractivity contribution < 1.29 is 13.6 Å². The van der Waals surface area contributed by atoms with E-state index in [0.29, 0.717) is 0 Å². The normalized spacial score (nSPS) is 12.8. The maximum atomic E-state index is 12.3. The van der Waals surface area contributed by atoms with Crippen molar-refractivity contribution in [1.29, 1.82) is 0 Å². The van der Waals surface area contributed by atoms with E-state index in [-0.39, 0.29) is 0 Å². The molecule has 12 heavy (non-hydrogen) atoms. The summed E-state index contributed by atoms with van der Waals surface area (Å²) in [6.07, 6.45) is -0.746. The van der Waals surface area contributed by atoms with E-state index in [9.17, 15) is 13.6 Å². The molecule has 0 unspecified atom stereocenters. The molecule has 0 rings (SSSR count). The summed E-state index contributed by atoms with van der Waals surface area (Å²) in [6.45, 7) is 5.98. The molecule has 0 radical (unpaired) electrons. The third kappa shape index (κ3) is 7.44. The van der Waals surface area contributed by atoms with Gasteiger partial charge in [0.2, 0.25) is 5.91 Å². The maximum Gasteiger partial charge on any atom is 0.254 e. The second-order valence-corrected chi connectivity index (χ2v) is 4.05. The Hall–Kier alpha value is -0.670. The van der Waals surface area contributed by atoms with Gasteiger partial charge in [0.15, 0.2) is 0 Å². The van der Waals surface area contributed by atoms with Crippen LogP contribution in [0.4, 0.5) is 8.78 Å². The standard InChI is InChI=1S/C8H15F2NO/c1-7(2,3)11-6(12)5-8(4,9)10/h5H2,1-4H3,(H,11,12). The highest BCUT2D eigenvalue weighted by Crippen LogP contribution is 2.16. The number of alkyl halides is 2. The summed E-state index contributed by atoms with van der Waals surface area (Å²) in [5, 5.41) is 2.46. The van der Waals surface area contributed by atoms with Crippen LogP contribution < -0.4 is 5.32 Å². The van der Waals surface area contributed by atoms with Crippen LogP contribution in [0.3, 0.4) is 0 Å². The average molecular weight is 179 g/mol. The van der Waals surface area contributed by atoms with Crippen LogP contribution in [0.5, 0.6) is 0 Å². The smallest absolute Gasteiger partial charge is 0.254 e. The van der Waals surface area contributed by atoms with Gasteiger partial charge in [0.25, 0.3) is 5.92 Å². The Bertz CT molecular complexity index is 149. The number of hydrogen-bond acceptors (Lipinski definition) is 1. The van der Waals surface area contributed by atoms with Crippen molar-refractivity contribution in [2.24, 2.45) is 0 Å². The van der Waals surface area contributed by atoms with Crippen molar-refractivity contribution in [2.45, 2.75) is 45.6 Å². The minimum absolute atomic E-state index is 0.442. The van der Waals surface area contributed by atoms with Crippen LogP contribution in [-0.4, -0.2) is 17.4 Å². The van der Waals surface area contributed by atoms with Gasteiger partial charge in [0.1, 0.15) is 0 Å². The Balaban J connectivity index is 3.92. The van der Waals surface area contributed by atoms with Crippen molar-refractivity contribution in [2.75, 3.05) is 0 Å². The predicted octanol–water partition coefficient (Wildman–Crippen LogP) is 1.95. The summed E-state index contributed by atoms with van der Waals surface area (Å²) in [4.78, 5) is 10.9. The van der Waals surface area contributed by atoms with Gasteiger partial charge in [-0.15, -0.1) is 0 Å². The van der Waals surface area contributed by atoms with E-state index < -0.39 is 23.8 Å². The molecular weight excluding hydrogens is 164 g/mol. The van der Waals surface area contributed by atoms with E-state index in [1.807, 2.05) is 0 Å². The first-order chi connectivity index (χ1) is 5.10. The Morgan fingerprint density at radius 2 is 1.67 bits per heavy atom. The number of carbonyl (C=O) groups is 1. The Morgan fingerprint density at radius 1 is 1.25 bits per heavy atom. The van der Waals surface area contributed by atoms with Crippen molar-refractivity contribution in [3.05, 3.63) is 0 Å². The van der Waals surface area contributed by atoms with Gasteiger partial charge in [-0.2, -0.15) is 0 Å². The molecule has 0 saturated heterocycles. The zero-order valence-corrected chi connectivity index (χ0v) is 7.87. The van der Waals surface area contributed by atoms with Crippen molar-refractivity contribution in [3.63, 3.8) is 0 Å². The van der Waals surface area contributed by atoms with Gasteiger partial charge < -0.3 is 5.32 Å².